The van der Waals surface area contributed by atoms with Gasteiger partial charge >= 0.3 is 0 Å². The van der Waals surface area contributed by atoms with Crippen LogP contribution in [0.1, 0.15) is 0 Å². The summed E-state index contributed by atoms with van der Waals surface area (Å²) >= 11 is 0. The Balaban J connectivity index is 1.62. The van der Waals surface area contributed by atoms with Gasteiger partial charge in [0.25, 0.3) is 0 Å². The van der Waals surface area contributed by atoms with Crippen molar-refractivity contribution in [2.75, 3.05) is 12.4 Å². The number of benzene rings is 1. The number of pyridine rings is 1. The van der Waals surface area contributed by atoms with Crippen LogP contribution in [-0.2, 0) is 11.3 Å². The molecule has 28 heavy (non-hydrogen) atoms. The van der Waals surface area contributed by atoms with Gasteiger partial charge in [0.2, 0.25) is 11.9 Å². The van der Waals surface area contributed by atoms with Crippen molar-refractivity contribution in [2.45, 2.75) is 6.54 Å². The van der Waals surface area contributed by atoms with Crippen molar-refractivity contribution in [1.82, 2.24) is 24.4 Å². The molecule has 1 amide bonds. The number of rotatable bonds is 5. The topological polar surface area (TPSA) is 86.3 Å². The molecule has 0 atom stereocenters. The smallest absolute Gasteiger partial charge is 0.249 e. The molecule has 0 fully saturated rings. The number of hydrogen-bond acceptors (Lipinski definition) is 5. The van der Waals surface area contributed by atoms with Crippen molar-refractivity contribution >= 4 is 17.5 Å². The summed E-state index contributed by atoms with van der Waals surface area (Å²) < 4.78 is 35.2. The minimum absolute atomic E-state index is 0.0276. The summed E-state index contributed by atoms with van der Waals surface area (Å²) in [6.07, 6.45) is 4.82. The summed E-state index contributed by atoms with van der Waals surface area (Å²) in [6.45, 7) is 0.0276. The molecule has 0 bridgehead atoms. The number of aromatic nitrogens is 5. The van der Waals surface area contributed by atoms with Crippen molar-refractivity contribution in [2.24, 2.45) is 0 Å². The summed E-state index contributed by atoms with van der Waals surface area (Å²) in [7, 11) is 1.37. The van der Waals surface area contributed by atoms with Gasteiger partial charge in [0.15, 0.2) is 17.3 Å². The third kappa shape index (κ3) is 3.39. The zero-order valence-electron chi connectivity index (χ0n) is 14.6. The lowest BCUT2D eigenvalue weighted by Crippen LogP contribution is -2.19. The van der Waals surface area contributed by atoms with E-state index in [4.69, 9.17) is 4.74 Å². The third-order valence-electron chi connectivity index (χ3n) is 4.00. The standard InChI is InChI=1S/C18H14F2N6O2/c1-28-15-8-14(20)13(19)7-12(15)11-3-4-16-22-18(24-26(16)9-11)23-17(27)10-25-6-2-5-21-25/h2-9H,10H2,1H3,(H,23,24,27). The van der Waals surface area contributed by atoms with Gasteiger partial charge in [-0.15, -0.1) is 5.10 Å². The molecule has 3 heterocycles. The minimum atomic E-state index is -0.996. The Kier molecular flexibility index (Phi) is 4.44. The van der Waals surface area contributed by atoms with E-state index in [1.54, 1.807) is 36.8 Å². The quantitative estimate of drug-likeness (QED) is 0.571. The highest BCUT2D eigenvalue weighted by atomic mass is 19.2. The van der Waals surface area contributed by atoms with Crippen molar-refractivity contribution in [3.05, 3.63) is 60.6 Å². The second-order valence-electron chi connectivity index (χ2n) is 5.87. The molecule has 0 spiro atoms. The second kappa shape index (κ2) is 7.06. The third-order valence-corrected chi connectivity index (χ3v) is 4.00. The second-order valence-corrected chi connectivity index (χ2v) is 5.87. The van der Waals surface area contributed by atoms with Gasteiger partial charge in [-0.1, -0.05) is 0 Å². The Morgan fingerprint density at radius 3 is 2.82 bits per heavy atom. The van der Waals surface area contributed by atoms with Gasteiger partial charge < -0.3 is 4.74 Å². The van der Waals surface area contributed by atoms with E-state index in [2.05, 4.69) is 20.5 Å². The maximum atomic E-state index is 13.7. The van der Waals surface area contributed by atoms with E-state index in [9.17, 15) is 13.6 Å². The Labute approximate surface area is 157 Å². The first-order valence-electron chi connectivity index (χ1n) is 8.20. The SMILES string of the molecule is COc1cc(F)c(F)cc1-c1ccc2nc(NC(=O)Cn3cccn3)nn2c1. The van der Waals surface area contributed by atoms with Crippen LogP contribution in [0.4, 0.5) is 14.7 Å². The summed E-state index contributed by atoms with van der Waals surface area (Å²) in [6, 6.07) is 7.07. The van der Waals surface area contributed by atoms with E-state index in [1.165, 1.54) is 16.3 Å². The van der Waals surface area contributed by atoms with Crippen LogP contribution in [0.2, 0.25) is 0 Å². The van der Waals surface area contributed by atoms with Crippen LogP contribution in [0, 0.1) is 11.6 Å². The van der Waals surface area contributed by atoms with Crippen LogP contribution in [0.15, 0.2) is 48.9 Å². The van der Waals surface area contributed by atoms with Gasteiger partial charge in [0, 0.05) is 35.8 Å². The molecule has 142 valence electrons. The van der Waals surface area contributed by atoms with E-state index in [0.29, 0.717) is 16.8 Å². The Hall–Kier alpha value is -3.82. The molecule has 0 aliphatic heterocycles. The number of carbonyl (C=O) groups excluding carboxylic acids is 1. The van der Waals surface area contributed by atoms with Crippen LogP contribution in [-0.4, -0.2) is 37.4 Å². The molecule has 0 saturated heterocycles. The molecule has 1 N–H and O–H groups in total. The predicted octanol–water partition coefficient (Wildman–Crippen LogP) is 2.52. The van der Waals surface area contributed by atoms with E-state index < -0.39 is 11.6 Å². The van der Waals surface area contributed by atoms with Crippen LogP contribution in [0.5, 0.6) is 5.75 Å². The molecule has 0 radical (unpaired) electrons. The average molecular weight is 384 g/mol. The maximum Gasteiger partial charge on any atom is 0.249 e. The van der Waals surface area contributed by atoms with Crippen LogP contribution in [0.3, 0.4) is 0 Å². The number of amides is 1. The van der Waals surface area contributed by atoms with E-state index in [1.807, 2.05) is 0 Å². The monoisotopic (exact) mass is 384 g/mol. The zero-order valence-corrected chi connectivity index (χ0v) is 14.6. The first kappa shape index (κ1) is 17.6. The van der Waals surface area contributed by atoms with Crippen molar-refractivity contribution < 1.29 is 18.3 Å². The fraction of sp³-hybridized carbons (Fsp3) is 0.111. The molecule has 4 rings (SSSR count). The van der Waals surface area contributed by atoms with Crippen molar-refractivity contribution in [3.8, 4) is 16.9 Å². The summed E-state index contributed by atoms with van der Waals surface area (Å²) in [5.74, 6) is -2.01. The Bertz CT molecular complexity index is 1160. The van der Waals surface area contributed by atoms with Crippen molar-refractivity contribution in [3.63, 3.8) is 0 Å². The van der Waals surface area contributed by atoms with Gasteiger partial charge in [-0.2, -0.15) is 10.1 Å². The normalized spacial score (nSPS) is 11.0. The highest BCUT2D eigenvalue weighted by Crippen LogP contribution is 2.32. The lowest BCUT2D eigenvalue weighted by molar-refractivity contribution is -0.116. The lowest BCUT2D eigenvalue weighted by atomic mass is 10.1. The Morgan fingerprint density at radius 1 is 1.25 bits per heavy atom. The molecule has 0 unspecified atom stereocenters. The molecule has 4 aromatic rings. The van der Waals surface area contributed by atoms with Gasteiger partial charge in [0.05, 0.1) is 7.11 Å². The number of halogens is 2. The number of nitrogens with zero attached hydrogens (tertiary/aromatic N) is 5. The number of carbonyl (C=O) groups is 1. The number of hydrogen-bond donors (Lipinski definition) is 1. The molecule has 10 heteroatoms. The molecular formula is C18H14F2N6O2. The predicted molar refractivity (Wildman–Crippen MR) is 95.7 cm³/mol. The number of fused-ring (bicyclic) bond motifs is 1. The van der Waals surface area contributed by atoms with Crippen LogP contribution < -0.4 is 10.1 Å². The molecule has 0 aliphatic rings. The first-order chi connectivity index (χ1) is 13.5. The Morgan fingerprint density at radius 2 is 2.07 bits per heavy atom. The van der Waals surface area contributed by atoms with Gasteiger partial charge in [-0.3, -0.25) is 14.8 Å². The summed E-state index contributed by atoms with van der Waals surface area (Å²) in [5.41, 5.74) is 1.38. The van der Waals surface area contributed by atoms with E-state index in [0.717, 1.165) is 12.1 Å². The molecule has 0 aliphatic carbocycles. The maximum absolute atomic E-state index is 13.7. The van der Waals surface area contributed by atoms with Crippen LogP contribution >= 0.6 is 0 Å². The van der Waals surface area contributed by atoms with Crippen LogP contribution in [0.25, 0.3) is 16.8 Å². The first-order valence-corrected chi connectivity index (χ1v) is 8.20. The zero-order chi connectivity index (χ0) is 19.7. The fourth-order valence-electron chi connectivity index (χ4n) is 2.72. The highest BCUT2D eigenvalue weighted by Gasteiger charge is 2.14. The summed E-state index contributed by atoms with van der Waals surface area (Å²) in [5, 5.41) is 10.7. The minimum Gasteiger partial charge on any atom is -0.496 e. The number of anilines is 1. The highest BCUT2D eigenvalue weighted by molar-refractivity contribution is 5.88. The van der Waals surface area contributed by atoms with Gasteiger partial charge in [0.1, 0.15) is 12.3 Å². The fourth-order valence-corrected chi connectivity index (χ4v) is 2.72. The van der Waals surface area contributed by atoms with Gasteiger partial charge in [-0.25, -0.2) is 13.3 Å². The lowest BCUT2D eigenvalue weighted by Gasteiger charge is -2.09. The molecule has 8 nitrogen and oxygen atoms in total. The number of ether oxygens (including phenoxy) is 1. The van der Waals surface area contributed by atoms with Crippen molar-refractivity contribution in [1.29, 1.82) is 0 Å². The van der Waals surface area contributed by atoms with E-state index >= 15 is 0 Å². The van der Waals surface area contributed by atoms with E-state index in [-0.39, 0.29) is 24.1 Å². The molecule has 0 saturated carbocycles. The molecule has 3 aromatic heterocycles. The largest absolute Gasteiger partial charge is 0.496 e. The molecule has 1 aromatic carbocycles. The van der Waals surface area contributed by atoms with Gasteiger partial charge in [-0.05, 0) is 24.3 Å². The molecular weight excluding hydrogens is 370 g/mol. The average Bonchev–Trinajstić information content (AvgIpc) is 3.31. The number of nitrogens with one attached hydrogen (secondary N) is 1. The number of methoxy groups -OCH3 is 1. The summed E-state index contributed by atoms with van der Waals surface area (Å²) in [4.78, 5) is 16.3.